The molecule has 1 N–H and O–H groups in total. The van der Waals surface area contributed by atoms with Crippen molar-refractivity contribution >= 4 is 5.95 Å². The Balaban J connectivity index is 2.02. The molecule has 0 bridgehead atoms. The van der Waals surface area contributed by atoms with Gasteiger partial charge in [-0.05, 0) is 18.6 Å². The molecule has 0 radical (unpaired) electrons. The third-order valence-electron chi connectivity index (χ3n) is 2.37. The van der Waals surface area contributed by atoms with Crippen LogP contribution in [0.3, 0.4) is 0 Å². The second-order valence-electron chi connectivity index (χ2n) is 3.61. The summed E-state index contributed by atoms with van der Waals surface area (Å²) in [5, 5.41) is 3.27. The molecule has 0 aliphatic heterocycles. The Kier molecular flexibility index (Phi) is 4.10. The molecular formula is C12H16N4O. The topological polar surface area (TPSA) is 52.0 Å². The summed E-state index contributed by atoms with van der Waals surface area (Å²) >= 11 is 0. The number of hydrogen-bond acceptors (Lipinski definition) is 4. The number of imidazole rings is 1. The second kappa shape index (κ2) is 6.00. The standard InChI is InChI=1S/C12H16N4O/c1-17-9-3-6-14-12-15-7-8-16(12)11-4-2-5-13-10-11/h2,4-5,7-8,10H,3,6,9H2,1H3,(H,14,15). The van der Waals surface area contributed by atoms with Gasteiger partial charge in [0.2, 0.25) is 5.95 Å². The number of aromatic nitrogens is 3. The Hall–Kier alpha value is -1.88. The van der Waals surface area contributed by atoms with Gasteiger partial charge in [0.15, 0.2) is 0 Å². The number of methoxy groups -OCH3 is 1. The van der Waals surface area contributed by atoms with Gasteiger partial charge in [0.1, 0.15) is 0 Å². The van der Waals surface area contributed by atoms with Gasteiger partial charge in [-0.1, -0.05) is 0 Å². The van der Waals surface area contributed by atoms with Crippen LogP contribution in [0.15, 0.2) is 36.9 Å². The Morgan fingerprint density at radius 3 is 3.12 bits per heavy atom. The van der Waals surface area contributed by atoms with Crippen LogP contribution in [0.25, 0.3) is 5.69 Å². The average Bonchev–Trinajstić information content (AvgIpc) is 2.84. The van der Waals surface area contributed by atoms with Crippen LogP contribution in [0.1, 0.15) is 6.42 Å². The van der Waals surface area contributed by atoms with Crippen LogP contribution in [0.2, 0.25) is 0 Å². The van der Waals surface area contributed by atoms with E-state index in [1.54, 1.807) is 19.5 Å². The fourth-order valence-corrected chi connectivity index (χ4v) is 1.56. The van der Waals surface area contributed by atoms with E-state index in [2.05, 4.69) is 15.3 Å². The minimum Gasteiger partial charge on any atom is -0.385 e. The molecule has 17 heavy (non-hydrogen) atoms. The highest BCUT2D eigenvalue weighted by Gasteiger charge is 2.03. The van der Waals surface area contributed by atoms with E-state index < -0.39 is 0 Å². The largest absolute Gasteiger partial charge is 0.385 e. The lowest BCUT2D eigenvalue weighted by Crippen LogP contribution is -2.09. The quantitative estimate of drug-likeness (QED) is 0.770. The molecule has 2 aromatic rings. The molecule has 2 heterocycles. The van der Waals surface area contributed by atoms with Crippen LogP contribution in [0.5, 0.6) is 0 Å². The minimum atomic E-state index is 0.751. The lowest BCUT2D eigenvalue weighted by molar-refractivity contribution is 0.197. The normalized spacial score (nSPS) is 10.4. The molecule has 0 aliphatic rings. The number of pyridine rings is 1. The highest BCUT2D eigenvalue weighted by Crippen LogP contribution is 2.12. The van der Waals surface area contributed by atoms with Gasteiger partial charge < -0.3 is 10.1 Å². The van der Waals surface area contributed by atoms with Gasteiger partial charge >= 0.3 is 0 Å². The fraction of sp³-hybridized carbons (Fsp3) is 0.333. The molecule has 0 unspecified atom stereocenters. The van der Waals surface area contributed by atoms with Crippen LogP contribution < -0.4 is 5.32 Å². The Labute approximate surface area is 100 Å². The molecule has 0 amide bonds. The number of ether oxygens (including phenoxy) is 1. The van der Waals surface area contributed by atoms with Crippen molar-refractivity contribution in [3.8, 4) is 5.69 Å². The van der Waals surface area contributed by atoms with E-state index in [1.165, 1.54) is 0 Å². The van der Waals surface area contributed by atoms with Gasteiger partial charge in [-0.2, -0.15) is 0 Å². The Bertz CT molecular complexity index is 441. The van der Waals surface area contributed by atoms with Crippen molar-refractivity contribution in [2.75, 3.05) is 25.6 Å². The number of nitrogens with zero attached hydrogens (tertiary/aromatic N) is 3. The smallest absolute Gasteiger partial charge is 0.207 e. The molecule has 0 aliphatic carbocycles. The molecule has 0 aromatic carbocycles. The first-order valence-electron chi connectivity index (χ1n) is 5.58. The number of rotatable bonds is 6. The van der Waals surface area contributed by atoms with E-state index in [0.29, 0.717) is 0 Å². The van der Waals surface area contributed by atoms with E-state index in [9.17, 15) is 0 Å². The van der Waals surface area contributed by atoms with Crippen molar-refractivity contribution < 1.29 is 4.74 Å². The Morgan fingerprint density at radius 2 is 2.35 bits per heavy atom. The Morgan fingerprint density at radius 1 is 1.41 bits per heavy atom. The van der Waals surface area contributed by atoms with Crippen molar-refractivity contribution in [2.45, 2.75) is 6.42 Å². The molecule has 0 spiro atoms. The molecular weight excluding hydrogens is 216 g/mol. The fourth-order valence-electron chi connectivity index (χ4n) is 1.56. The van der Waals surface area contributed by atoms with Crippen molar-refractivity contribution in [1.29, 1.82) is 0 Å². The van der Waals surface area contributed by atoms with Crippen molar-refractivity contribution in [3.63, 3.8) is 0 Å². The third-order valence-corrected chi connectivity index (χ3v) is 2.37. The monoisotopic (exact) mass is 232 g/mol. The zero-order valence-electron chi connectivity index (χ0n) is 9.84. The molecule has 2 rings (SSSR count). The molecule has 2 aromatic heterocycles. The summed E-state index contributed by atoms with van der Waals surface area (Å²) in [5.41, 5.74) is 0.999. The maximum absolute atomic E-state index is 5.00. The zero-order valence-corrected chi connectivity index (χ0v) is 9.84. The summed E-state index contributed by atoms with van der Waals surface area (Å²) in [6.07, 6.45) is 8.20. The van der Waals surface area contributed by atoms with E-state index in [1.807, 2.05) is 29.1 Å². The SMILES string of the molecule is COCCCNc1nccn1-c1cccnc1. The summed E-state index contributed by atoms with van der Waals surface area (Å²) < 4.78 is 6.97. The summed E-state index contributed by atoms with van der Waals surface area (Å²) in [7, 11) is 1.70. The number of nitrogens with one attached hydrogen (secondary N) is 1. The summed E-state index contributed by atoms with van der Waals surface area (Å²) in [5.74, 6) is 0.828. The van der Waals surface area contributed by atoms with Gasteiger partial charge in [-0.25, -0.2) is 4.98 Å². The number of anilines is 1. The average molecular weight is 232 g/mol. The predicted molar refractivity (Wildman–Crippen MR) is 66.3 cm³/mol. The zero-order chi connectivity index (χ0) is 11.9. The maximum Gasteiger partial charge on any atom is 0.207 e. The molecule has 90 valence electrons. The third kappa shape index (κ3) is 3.04. The van der Waals surface area contributed by atoms with Gasteiger partial charge in [0.25, 0.3) is 0 Å². The molecule has 0 saturated carbocycles. The summed E-state index contributed by atoms with van der Waals surface area (Å²) in [4.78, 5) is 8.37. The van der Waals surface area contributed by atoms with Gasteiger partial charge in [-0.3, -0.25) is 9.55 Å². The molecule has 5 nitrogen and oxygen atoms in total. The highest BCUT2D eigenvalue weighted by molar-refractivity contribution is 5.39. The maximum atomic E-state index is 5.00. The van der Waals surface area contributed by atoms with E-state index in [-0.39, 0.29) is 0 Å². The first-order chi connectivity index (χ1) is 8.42. The van der Waals surface area contributed by atoms with E-state index >= 15 is 0 Å². The lowest BCUT2D eigenvalue weighted by atomic mass is 10.4. The summed E-state index contributed by atoms with van der Waals surface area (Å²) in [6.45, 7) is 1.59. The second-order valence-corrected chi connectivity index (χ2v) is 3.61. The molecule has 5 heteroatoms. The van der Waals surface area contributed by atoms with Gasteiger partial charge in [0.05, 0.1) is 11.9 Å². The van der Waals surface area contributed by atoms with Crippen molar-refractivity contribution in [1.82, 2.24) is 14.5 Å². The predicted octanol–water partition coefficient (Wildman–Crippen LogP) is 1.72. The van der Waals surface area contributed by atoms with Crippen LogP contribution in [-0.2, 0) is 4.74 Å². The number of hydrogen-bond donors (Lipinski definition) is 1. The van der Waals surface area contributed by atoms with Crippen LogP contribution in [0.4, 0.5) is 5.95 Å². The highest BCUT2D eigenvalue weighted by atomic mass is 16.5. The van der Waals surface area contributed by atoms with Crippen molar-refractivity contribution in [3.05, 3.63) is 36.9 Å². The minimum absolute atomic E-state index is 0.751. The van der Waals surface area contributed by atoms with Crippen LogP contribution in [0, 0.1) is 0 Å². The molecule has 0 fully saturated rings. The molecule has 0 atom stereocenters. The van der Waals surface area contributed by atoms with Gasteiger partial charge in [0, 0.05) is 38.9 Å². The first kappa shape index (κ1) is 11.6. The van der Waals surface area contributed by atoms with Crippen LogP contribution in [-0.4, -0.2) is 34.8 Å². The first-order valence-corrected chi connectivity index (χ1v) is 5.58. The van der Waals surface area contributed by atoms with Gasteiger partial charge in [-0.15, -0.1) is 0 Å². The molecule has 0 saturated heterocycles. The lowest BCUT2D eigenvalue weighted by Gasteiger charge is -2.08. The van der Waals surface area contributed by atoms with Crippen molar-refractivity contribution in [2.24, 2.45) is 0 Å². The summed E-state index contributed by atoms with van der Waals surface area (Å²) in [6, 6.07) is 3.90. The van der Waals surface area contributed by atoms with Crippen LogP contribution >= 0.6 is 0 Å². The van der Waals surface area contributed by atoms with E-state index in [0.717, 1.165) is 31.2 Å². The van der Waals surface area contributed by atoms with E-state index in [4.69, 9.17) is 4.74 Å².